The van der Waals surface area contributed by atoms with Gasteiger partial charge in [0, 0.05) is 10.6 Å². The van der Waals surface area contributed by atoms with E-state index in [9.17, 15) is 9.18 Å². The van der Waals surface area contributed by atoms with Crippen LogP contribution in [0, 0.1) is 5.82 Å². The van der Waals surface area contributed by atoms with E-state index < -0.39 is 12.9 Å². The Morgan fingerprint density at radius 1 is 1.04 bits per heavy atom. The first-order valence-corrected chi connectivity index (χ1v) is 7.98. The van der Waals surface area contributed by atoms with E-state index in [-0.39, 0.29) is 5.91 Å². The molecule has 0 spiro atoms. The molecule has 24 heavy (non-hydrogen) atoms. The number of carbonyl (C=O) groups is 1. The summed E-state index contributed by atoms with van der Waals surface area (Å²) >= 11 is 1.30. The third-order valence-corrected chi connectivity index (χ3v) is 4.54. The minimum Gasteiger partial charge on any atom is -0.423 e. The van der Waals surface area contributed by atoms with Gasteiger partial charge in [-0.15, -0.1) is 11.3 Å². The zero-order chi connectivity index (χ0) is 17.1. The Morgan fingerprint density at radius 3 is 2.46 bits per heavy atom. The zero-order valence-electron chi connectivity index (χ0n) is 12.4. The van der Waals surface area contributed by atoms with Gasteiger partial charge in [-0.25, -0.2) is 4.39 Å². The van der Waals surface area contributed by atoms with Gasteiger partial charge in [0.05, 0.1) is 4.88 Å². The van der Waals surface area contributed by atoms with Crippen LogP contribution >= 0.6 is 11.3 Å². The molecule has 1 aromatic heterocycles. The molecule has 0 atom stereocenters. The molecular weight excluding hydrogens is 328 g/mol. The first-order valence-electron chi connectivity index (χ1n) is 7.16. The van der Waals surface area contributed by atoms with Gasteiger partial charge in [-0.2, -0.15) is 0 Å². The molecule has 1 heterocycles. The maximum atomic E-state index is 13.2. The molecule has 7 heteroatoms. The van der Waals surface area contributed by atoms with Crippen molar-refractivity contribution in [3.63, 3.8) is 0 Å². The number of halogens is 1. The number of benzene rings is 2. The Balaban J connectivity index is 1.76. The van der Waals surface area contributed by atoms with Crippen molar-refractivity contribution in [3.05, 3.63) is 71.4 Å². The van der Waals surface area contributed by atoms with Crippen molar-refractivity contribution in [1.82, 2.24) is 0 Å². The Morgan fingerprint density at radius 2 is 1.79 bits per heavy atom. The minimum absolute atomic E-state index is 0.306. The number of hydrogen-bond donors (Lipinski definition) is 3. The lowest BCUT2D eigenvalue weighted by molar-refractivity contribution is 0.103. The summed E-state index contributed by atoms with van der Waals surface area (Å²) in [5.41, 5.74) is 1.67. The monoisotopic (exact) mass is 341 g/mol. The molecule has 0 unspecified atom stereocenters. The molecule has 0 saturated carbocycles. The van der Waals surface area contributed by atoms with Gasteiger partial charge in [0.25, 0.3) is 5.91 Å². The average Bonchev–Trinajstić information content (AvgIpc) is 3.05. The molecule has 3 N–H and O–H groups in total. The molecule has 0 aliphatic carbocycles. The minimum atomic E-state index is -1.50. The third-order valence-electron chi connectivity index (χ3n) is 3.41. The molecule has 0 radical (unpaired) electrons. The lowest BCUT2D eigenvalue weighted by Gasteiger charge is -2.03. The highest BCUT2D eigenvalue weighted by atomic mass is 32.1. The molecule has 120 valence electrons. The number of rotatable bonds is 4. The van der Waals surface area contributed by atoms with Gasteiger partial charge >= 0.3 is 7.12 Å². The Labute approximate surface area is 142 Å². The standard InChI is InChI=1S/C17H13BFNO3S/c19-13-2-1-3-14(10-13)20-17(21)16-9-8-15(24-16)11-4-6-12(7-5-11)18(22)23/h1-10,22-23H,(H,20,21). The van der Waals surface area contributed by atoms with Crippen LogP contribution in [0.25, 0.3) is 10.4 Å². The third kappa shape index (κ3) is 3.71. The summed E-state index contributed by atoms with van der Waals surface area (Å²) in [6.07, 6.45) is 0. The predicted molar refractivity (Wildman–Crippen MR) is 93.9 cm³/mol. The smallest absolute Gasteiger partial charge is 0.423 e. The second kappa shape index (κ2) is 6.96. The fraction of sp³-hybridized carbons (Fsp3) is 0. The highest BCUT2D eigenvalue weighted by Crippen LogP contribution is 2.28. The Bertz CT molecular complexity index is 864. The first-order chi connectivity index (χ1) is 11.5. The van der Waals surface area contributed by atoms with Crippen LogP contribution in [0.15, 0.2) is 60.7 Å². The van der Waals surface area contributed by atoms with E-state index in [1.807, 2.05) is 6.07 Å². The molecular formula is C17H13BFNO3S. The van der Waals surface area contributed by atoms with Gasteiger partial charge in [-0.05, 0) is 41.4 Å². The average molecular weight is 341 g/mol. The summed E-state index contributed by atoms with van der Waals surface area (Å²) in [7, 11) is -1.50. The van der Waals surface area contributed by atoms with Gasteiger partial charge in [-0.3, -0.25) is 4.79 Å². The van der Waals surface area contributed by atoms with E-state index in [1.165, 1.54) is 29.5 Å². The quantitative estimate of drug-likeness (QED) is 0.639. The molecule has 4 nitrogen and oxygen atoms in total. The van der Waals surface area contributed by atoms with Crippen LogP contribution in [0.2, 0.25) is 0 Å². The van der Waals surface area contributed by atoms with Crippen LogP contribution in [-0.4, -0.2) is 23.1 Å². The molecule has 0 saturated heterocycles. The molecule has 1 amide bonds. The van der Waals surface area contributed by atoms with Crippen LogP contribution in [0.3, 0.4) is 0 Å². The summed E-state index contributed by atoms with van der Waals surface area (Å²) in [6.45, 7) is 0. The topological polar surface area (TPSA) is 69.6 Å². The number of amides is 1. The normalized spacial score (nSPS) is 10.5. The molecule has 0 bridgehead atoms. The van der Waals surface area contributed by atoms with Gasteiger partial charge in [0.1, 0.15) is 5.82 Å². The van der Waals surface area contributed by atoms with Crippen molar-refractivity contribution < 1.29 is 19.2 Å². The van der Waals surface area contributed by atoms with Crippen LogP contribution in [0.5, 0.6) is 0 Å². The fourth-order valence-electron chi connectivity index (χ4n) is 2.19. The van der Waals surface area contributed by atoms with Crippen LogP contribution in [0.1, 0.15) is 9.67 Å². The number of anilines is 1. The number of nitrogens with one attached hydrogen (secondary N) is 1. The van der Waals surface area contributed by atoms with Crippen molar-refractivity contribution in [1.29, 1.82) is 0 Å². The van der Waals surface area contributed by atoms with E-state index in [2.05, 4.69) is 5.32 Å². The zero-order valence-corrected chi connectivity index (χ0v) is 13.3. The summed E-state index contributed by atoms with van der Waals surface area (Å²) in [6, 6.07) is 16.0. The van der Waals surface area contributed by atoms with Crippen molar-refractivity contribution >= 4 is 35.5 Å². The van der Waals surface area contributed by atoms with Gasteiger partial charge in [0.2, 0.25) is 0 Å². The SMILES string of the molecule is O=C(Nc1cccc(F)c1)c1ccc(-c2ccc(B(O)O)cc2)s1. The van der Waals surface area contributed by atoms with Crippen LogP contribution in [0.4, 0.5) is 10.1 Å². The fourth-order valence-corrected chi connectivity index (χ4v) is 3.10. The van der Waals surface area contributed by atoms with Crippen molar-refractivity contribution in [2.24, 2.45) is 0 Å². The number of carbonyl (C=O) groups excluding carboxylic acids is 1. The van der Waals surface area contributed by atoms with Gasteiger partial charge < -0.3 is 15.4 Å². The van der Waals surface area contributed by atoms with Gasteiger partial charge in [0.15, 0.2) is 0 Å². The highest BCUT2D eigenvalue weighted by Gasteiger charge is 2.13. The van der Waals surface area contributed by atoms with E-state index >= 15 is 0 Å². The maximum absolute atomic E-state index is 13.2. The van der Waals surface area contributed by atoms with E-state index in [0.29, 0.717) is 16.0 Å². The lowest BCUT2D eigenvalue weighted by atomic mass is 9.80. The maximum Gasteiger partial charge on any atom is 0.488 e. The molecule has 0 aliphatic heterocycles. The van der Waals surface area contributed by atoms with E-state index in [0.717, 1.165) is 10.4 Å². The number of hydrogen-bond acceptors (Lipinski definition) is 4. The van der Waals surface area contributed by atoms with Crippen LogP contribution in [-0.2, 0) is 0 Å². The molecule has 2 aromatic carbocycles. The summed E-state index contributed by atoms with van der Waals surface area (Å²) < 4.78 is 13.2. The molecule has 3 rings (SSSR count). The Kier molecular flexibility index (Phi) is 4.75. The van der Waals surface area contributed by atoms with Crippen molar-refractivity contribution in [2.45, 2.75) is 0 Å². The Hall–Kier alpha value is -2.48. The van der Waals surface area contributed by atoms with Crippen LogP contribution < -0.4 is 10.8 Å². The van der Waals surface area contributed by atoms with Gasteiger partial charge in [-0.1, -0.05) is 30.3 Å². The molecule has 3 aromatic rings. The second-order valence-electron chi connectivity index (χ2n) is 5.12. The first kappa shape index (κ1) is 16.4. The lowest BCUT2D eigenvalue weighted by Crippen LogP contribution is -2.29. The van der Waals surface area contributed by atoms with E-state index in [1.54, 1.807) is 36.4 Å². The number of thiophene rings is 1. The summed E-state index contributed by atoms with van der Waals surface area (Å²) in [5.74, 6) is -0.718. The molecule has 0 fully saturated rings. The van der Waals surface area contributed by atoms with E-state index in [4.69, 9.17) is 10.0 Å². The van der Waals surface area contributed by atoms with Crippen molar-refractivity contribution in [2.75, 3.05) is 5.32 Å². The molecule has 0 aliphatic rings. The summed E-state index contributed by atoms with van der Waals surface area (Å²) in [4.78, 5) is 13.6. The van der Waals surface area contributed by atoms with Crippen molar-refractivity contribution in [3.8, 4) is 10.4 Å². The largest absolute Gasteiger partial charge is 0.488 e. The summed E-state index contributed by atoms with van der Waals surface area (Å²) in [5, 5.41) is 20.9. The highest BCUT2D eigenvalue weighted by molar-refractivity contribution is 7.17. The predicted octanol–water partition coefficient (Wildman–Crippen LogP) is 2.49. The second-order valence-corrected chi connectivity index (χ2v) is 6.21.